The summed E-state index contributed by atoms with van der Waals surface area (Å²) >= 11 is 0. The van der Waals surface area contributed by atoms with Crippen molar-refractivity contribution in [1.29, 1.82) is 0 Å². The molecule has 2 amide bonds. The molecule has 0 aliphatic carbocycles. The first-order valence-corrected chi connectivity index (χ1v) is 6.23. The highest BCUT2D eigenvalue weighted by Gasteiger charge is 2.09. The lowest BCUT2D eigenvalue weighted by Crippen LogP contribution is -2.30. The summed E-state index contributed by atoms with van der Waals surface area (Å²) in [7, 11) is 0. The minimum Gasteiger partial charge on any atom is -0.488 e. The monoisotopic (exact) mass is 285 g/mol. The molecule has 0 aliphatic rings. The van der Waals surface area contributed by atoms with E-state index < -0.39 is 5.91 Å². The summed E-state index contributed by atoms with van der Waals surface area (Å²) in [5.74, 6) is 4.56. The number of hydrogen-bond acceptors (Lipinski definition) is 4. The number of nitrogens with two attached hydrogens (primary N) is 2. The molecule has 0 saturated carbocycles. The SMILES string of the molecule is NNC(=O)c1cccc(COc2ccccc2C(N)=O)c1. The first-order chi connectivity index (χ1) is 10.1. The summed E-state index contributed by atoms with van der Waals surface area (Å²) in [6, 6.07) is 13.5. The molecule has 0 fully saturated rings. The molecule has 0 aliphatic heterocycles. The van der Waals surface area contributed by atoms with Crippen LogP contribution in [0.4, 0.5) is 0 Å². The molecule has 0 aromatic heterocycles. The average molecular weight is 285 g/mol. The third-order valence-electron chi connectivity index (χ3n) is 2.87. The molecule has 0 atom stereocenters. The predicted octanol–water partition coefficient (Wildman–Crippen LogP) is 0.968. The number of amides is 2. The number of carbonyl (C=O) groups excluding carboxylic acids is 2. The molecule has 0 bridgehead atoms. The number of hydrogen-bond donors (Lipinski definition) is 3. The molecule has 6 heteroatoms. The van der Waals surface area contributed by atoms with E-state index in [1.807, 2.05) is 0 Å². The van der Waals surface area contributed by atoms with Crippen LogP contribution in [0.25, 0.3) is 0 Å². The molecular formula is C15H15N3O3. The van der Waals surface area contributed by atoms with Gasteiger partial charge in [0.1, 0.15) is 12.4 Å². The van der Waals surface area contributed by atoms with E-state index in [4.69, 9.17) is 16.3 Å². The van der Waals surface area contributed by atoms with Gasteiger partial charge in [0.15, 0.2) is 0 Å². The lowest BCUT2D eigenvalue weighted by Gasteiger charge is -2.10. The highest BCUT2D eigenvalue weighted by Crippen LogP contribution is 2.19. The molecule has 6 nitrogen and oxygen atoms in total. The van der Waals surface area contributed by atoms with Crippen molar-refractivity contribution in [2.75, 3.05) is 0 Å². The number of primary amides is 1. The normalized spacial score (nSPS) is 9.95. The standard InChI is InChI=1S/C15H15N3O3/c16-14(19)12-6-1-2-7-13(12)21-9-10-4-3-5-11(8-10)15(20)18-17/h1-8H,9,17H2,(H2,16,19)(H,18,20). The van der Waals surface area contributed by atoms with Gasteiger partial charge in [-0.2, -0.15) is 0 Å². The first-order valence-electron chi connectivity index (χ1n) is 6.23. The van der Waals surface area contributed by atoms with Gasteiger partial charge < -0.3 is 10.5 Å². The van der Waals surface area contributed by atoms with E-state index in [0.717, 1.165) is 5.56 Å². The van der Waals surface area contributed by atoms with Crippen molar-refractivity contribution >= 4 is 11.8 Å². The molecule has 2 aromatic carbocycles. The zero-order valence-electron chi connectivity index (χ0n) is 11.2. The van der Waals surface area contributed by atoms with Gasteiger partial charge in [-0.05, 0) is 29.8 Å². The van der Waals surface area contributed by atoms with E-state index in [0.29, 0.717) is 16.9 Å². The van der Waals surface area contributed by atoms with Crippen molar-refractivity contribution in [3.8, 4) is 5.75 Å². The molecule has 2 aromatic rings. The second kappa shape index (κ2) is 6.53. The van der Waals surface area contributed by atoms with Gasteiger partial charge >= 0.3 is 0 Å². The van der Waals surface area contributed by atoms with Gasteiger partial charge in [0.25, 0.3) is 11.8 Å². The van der Waals surface area contributed by atoms with Crippen molar-refractivity contribution in [3.05, 3.63) is 65.2 Å². The molecule has 0 saturated heterocycles. The first kappa shape index (κ1) is 14.5. The van der Waals surface area contributed by atoms with Crippen LogP contribution < -0.4 is 21.7 Å². The van der Waals surface area contributed by atoms with Crippen molar-refractivity contribution < 1.29 is 14.3 Å². The van der Waals surface area contributed by atoms with Crippen molar-refractivity contribution in [2.45, 2.75) is 6.61 Å². The zero-order chi connectivity index (χ0) is 15.2. The Morgan fingerprint density at radius 3 is 2.57 bits per heavy atom. The van der Waals surface area contributed by atoms with Gasteiger partial charge in [0, 0.05) is 5.56 Å². The van der Waals surface area contributed by atoms with Gasteiger partial charge in [-0.3, -0.25) is 15.0 Å². The van der Waals surface area contributed by atoms with Crippen LogP contribution in [0.1, 0.15) is 26.3 Å². The summed E-state index contributed by atoms with van der Waals surface area (Å²) in [6.45, 7) is 0.204. The molecular weight excluding hydrogens is 270 g/mol. The van der Waals surface area contributed by atoms with E-state index >= 15 is 0 Å². The highest BCUT2D eigenvalue weighted by atomic mass is 16.5. The summed E-state index contributed by atoms with van der Waals surface area (Å²) in [4.78, 5) is 22.7. The fourth-order valence-electron chi connectivity index (χ4n) is 1.84. The zero-order valence-corrected chi connectivity index (χ0v) is 11.2. The quantitative estimate of drug-likeness (QED) is 0.432. The summed E-state index contributed by atoms with van der Waals surface area (Å²) in [5.41, 5.74) is 8.86. The number of ether oxygens (including phenoxy) is 1. The van der Waals surface area contributed by atoms with Gasteiger partial charge in [-0.1, -0.05) is 24.3 Å². The Morgan fingerprint density at radius 2 is 1.86 bits per heavy atom. The number of rotatable bonds is 5. The van der Waals surface area contributed by atoms with Gasteiger partial charge in [-0.15, -0.1) is 0 Å². The van der Waals surface area contributed by atoms with Crippen LogP contribution >= 0.6 is 0 Å². The summed E-state index contributed by atoms with van der Waals surface area (Å²) < 4.78 is 5.59. The second-order valence-corrected chi connectivity index (χ2v) is 4.32. The Hall–Kier alpha value is -2.86. The van der Waals surface area contributed by atoms with Crippen LogP contribution in [0.5, 0.6) is 5.75 Å². The smallest absolute Gasteiger partial charge is 0.265 e. The molecule has 2 rings (SSSR count). The van der Waals surface area contributed by atoms with E-state index in [1.165, 1.54) is 0 Å². The van der Waals surface area contributed by atoms with Crippen LogP contribution in [0.2, 0.25) is 0 Å². The van der Waals surface area contributed by atoms with Crippen molar-refractivity contribution in [1.82, 2.24) is 5.43 Å². The van der Waals surface area contributed by atoms with E-state index in [1.54, 1.807) is 48.5 Å². The molecule has 0 unspecified atom stereocenters. The van der Waals surface area contributed by atoms with E-state index in [9.17, 15) is 9.59 Å². The Kier molecular flexibility index (Phi) is 4.53. The molecule has 108 valence electrons. The largest absolute Gasteiger partial charge is 0.488 e. The third-order valence-corrected chi connectivity index (χ3v) is 2.87. The highest BCUT2D eigenvalue weighted by molar-refractivity contribution is 5.95. The summed E-state index contributed by atoms with van der Waals surface area (Å²) in [5, 5.41) is 0. The van der Waals surface area contributed by atoms with Crippen LogP contribution in [0.3, 0.4) is 0 Å². The van der Waals surface area contributed by atoms with Crippen LogP contribution in [-0.2, 0) is 6.61 Å². The van der Waals surface area contributed by atoms with Gasteiger partial charge in [-0.25, -0.2) is 5.84 Å². The molecule has 0 heterocycles. The van der Waals surface area contributed by atoms with Gasteiger partial charge in [0.2, 0.25) is 0 Å². The predicted molar refractivity (Wildman–Crippen MR) is 77.4 cm³/mol. The van der Waals surface area contributed by atoms with Gasteiger partial charge in [0.05, 0.1) is 5.56 Å². The fourth-order valence-corrected chi connectivity index (χ4v) is 1.84. The number of hydrazine groups is 1. The Labute approximate surface area is 121 Å². The lowest BCUT2D eigenvalue weighted by atomic mass is 10.1. The summed E-state index contributed by atoms with van der Waals surface area (Å²) in [6.07, 6.45) is 0. The number of carbonyl (C=O) groups is 2. The number of nitrogen functional groups attached to an aromatic ring is 1. The van der Waals surface area contributed by atoms with E-state index in [-0.39, 0.29) is 12.5 Å². The van der Waals surface area contributed by atoms with Crippen LogP contribution in [-0.4, -0.2) is 11.8 Å². The topological polar surface area (TPSA) is 107 Å². The minimum atomic E-state index is -0.554. The van der Waals surface area contributed by atoms with Crippen LogP contribution in [0.15, 0.2) is 48.5 Å². The van der Waals surface area contributed by atoms with Crippen molar-refractivity contribution in [3.63, 3.8) is 0 Å². The maximum atomic E-state index is 11.4. The Morgan fingerprint density at radius 1 is 1.10 bits per heavy atom. The molecule has 0 spiro atoms. The maximum absolute atomic E-state index is 11.4. The molecule has 0 radical (unpaired) electrons. The number of nitrogens with one attached hydrogen (secondary N) is 1. The molecule has 21 heavy (non-hydrogen) atoms. The maximum Gasteiger partial charge on any atom is 0.265 e. The number of para-hydroxylation sites is 1. The van der Waals surface area contributed by atoms with Crippen LogP contribution in [0, 0.1) is 0 Å². The number of benzene rings is 2. The molecule has 5 N–H and O–H groups in total. The third kappa shape index (κ3) is 3.58. The van der Waals surface area contributed by atoms with Crippen molar-refractivity contribution in [2.24, 2.45) is 11.6 Å². The fraction of sp³-hybridized carbons (Fsp3) is 0.0667. The minimum absolute atomic E-state index is 0.204. The second-order valence-electron chi connectivity index (χ2n) is 4.32. The lowest BCUT2D eigenvalue weighted by molar-refractivity contribution is 0.0952. The van der Waals surface area contributed by atoms with E-state index in [2.05, 4.69) is 5.43 Å². The Bertz CT molecular complexity index is 671. The Balaban J connectivity index is 2.14. The average Bonchev–Trinajstić information content (AvgIpc) is 2.52.